The lowest BCUT2D eigenvalue weighted by Gasteiger charge is -2.01. The van der Waals surface area contributed by atoms with E-state index in [9.17, 15) is 4.39 Å². The second kappa shape index (κ2) is 4.20. The molecule has 1 aromatic rings. The maximum atomic E-state index is 13.2. The molecule has 0 aliphatic carbocycles. The lowest BCUT2D eigenvalue weighted by atomic mass is 10.2. The third-order valence-electron chi connectivity index (χ3n) is 1.55. The third-order valence-corrected chi connectivity index (χ3v) is 2.88. The molecule has 0 saturated carbocycles. The summed E-state index contributed by atoms with van der Waals surface area (Å²) in [4.78, 5) is 0. The van der Waals surface area contributed by atoms with Gasteiger partial charge in [0.1, 0.15) is 5.82 Å². The van der Waals surface area contributed by atoms with Crippen molar-refractivity contribution in [2.24, 2.45) is 0 Å². The van der Waals surface area contributed by atoms with Crippen molar-refractivity contribution in [3.8, 4) is 0 Å². The smallest absolute Gasteiger partial charge is 0.139 e. The molecule has 60 valence electrons. The maximum Gasteiger partial charge on any atom is 0.139 e. The minimum absolute atomic E-state index is 0.0241. The van der Waals surface area contributed by atoms with Crippen LogP contribution in [0.4, 0.5) is 4.39 Å². The Hall–Kier alpha value is 0.0969. The Morgan fingerprint density at radius 2 is 2.18 bits per heavy atom. The summed E-state index contributed by atoms with van der Waals surface area (Å²) in [6.45, 7) is 0. The monoisotopic (exact) mass is 280 g/mol. The highest BCUT2D eigenvalue weighted by Gasteiger charge is 2.03. The second-order valence-electron chi connectivity index (χ2n) is 2.46. The number of aryl methyl sites for hydroxylation is 1. The van der Waals surface area contributed by atoms with Gasteiger partial charge in [0.05, 0.1) is 0 Å². The summed E-state index contributed by atoms with van der Waals surface area (Å²) >= 11 is 2.03. The minimum atomic E-state index is -0.0241. The van der Waals surface area contributed by atoms with Crippen LogP contribution in [-0.2, 0) is 6.42 Å². The van der Waals surface area contributed by atoms with Crippen LogP contribution in [0, 0.1) is 9.39 Å². The highest BCUT2D eigenvalue weighted by atomic mass is 127. The number of halogens is 2. The van der Waals surface area contributed by atoms with Crippen molar-refractivity contribution in [1.29, 1.82) is 0 Å². The Morgan fingerprint density at radius 3 is 2.82 bits per heavy atom. The SMILES string of the molecule is Fc1c(I)cccc1CC[SiH3]. The Balaban J connectivity index is 2.96. The summed E-state index contributed by atoms with van der Waals surface area (Å²) in [5.41, 5.74) is 0.868. The number of benzene rings is 1. The molecule has 0 N–H and O–H groups in total. The van der Waals surface area contributed by atoms with E-state index in [2.05, 4.69) is 0 Å². The van der Waals surface area contributed by atoms with Crippen LogP contribution in [0.2, 0.25) is 6.04 Å². The molecule has 0 unspecified atom stereocenters. The molecule has 0 aromatic heterocycles. The summed E-state index contributed by atoms with van der Waals surface area (Å²) in [7, 11) is 1.15. The van der Waals surface area contributed by atoms with Gasteiger partial charge < -0.3 is 0 Å². The van der Waals surface area contributed by atoms with Crippen molar-refractivity contribution in [2.75, 3.05) is 0 Å². The molecule has 0 amide bonds. The fraction of sp³-hybridized carbons (Fsp3) is 0.250. The molecule has 3 heteroatoms. The second-order valence-corrected chi connectivity index (χ2v) is 4.63. The fourth-order valence-corrected chi connectivity index (χ4v) is 2.10. The van der Waals surface area contributed by atoms with Crippen molar-refractivity contribution >= 4 is 32.8 Å². The van der Waals surface area contributed by atoms with Gasteiger partial charge in [-0.2, -0.15) is 0 Å². The fourth-order valence-electron chi connectivity index (χ4n) is 1.01. The van der Waals surface area contributed by atoms with Gasteiger partial charge in [0.2, 0.25) is 0 Å². The molecule has 1 rings (SSSR count). The standard InChI is InChI=1S/C8H10FISi/c9-8-6(4-5-11)2-1-3-7(8)10/h1-3H,4-5H2,11H3. The molecule has 0 heterocycles. The summed E-state index contributed by atoms with van der Waals surface area (Å²) in [5, 5.41) is 0. The van der Waals surface area contributed by atoms with E-state index in [4.69, 9.17) is 0 Å². The Labute approximate surface area is 82.8 Å². The molecular weight excluding hydrogens is 270 g/mol. The van der Waals surface area contributed by atoms with Crippen LogP contribution in [0.5, 0.6) is 0 Å². The Morgan fingerprint density at radius 1 is 1.45 bits per heavy atom. The molecule has 0 saturated heterocycles. The predicted molar refractivity (Wildman–Crippen MR) is 57.6 cm³/mol. The molecule has 1 aromatic carbocycles. The van der Waals surface area contributed by atoms with Crippen LogP contribution in [0.15, 0.2) is 18.2 Å². The van der Waals surface area contributed by atoms with E-state index in [-0.39, 0.29) is 5.82 Å². The Kier molecular flexibility index (Phi) is 3.51. The summed E-state index contributed by atoms with van der Waals surface area (Å²) < 4.78 is 13.9. The number of hydrogen-bond donors (Lipinski definition) is 0. The summed E-state index contributed by atoms with van der Waals surface area (Å²) in [6.07, 6.45) is 0.898. The maximum absolute atomic E-state index is 13.2. The van der Waals surface area contributed by atoms with Gasteiger partial charge in [0.25, 0.3) is 0 Å². The van der Waals surface area contributed by atoms with E-state index in [1.165, 1.54) is 0 Å². The van der Waals surface area contributed by atoms with Crippen molar-refractivity contribution in [3.63, 3.8) is 0 Å². The molecule has 0 fully saturated rings. The molecule has 0 radical (unpaired) electrons. The lowest BCUT2D eigenvalue weighted by Crippen LogP contribution is -1.92. The van der Waals surface area contributed by atoms with Crippen molar-refractivity contribution < 1.29 is 4.39 Å². The van der Waals surface area contributed by atoms with Crippen LogP contribution in [-0.4, -0.2) is 10.2 Å². The van der Waals surface area contributed by atoms with Crippen LogP contribution >= 0.6 is 22.6 Å². The van der Waals surface area contributed by atoms with Gasteiger partial charge in [-0.15, -0.1) is 0 Å². The van der Waals surface area contributed by atoms with Crippen LogP contribution in [0.25, 0.3) is 0 Å². The average molecular weight is 280 g/mol. The zero-order valence-electron chi connectivity index (χ0n) is 6.40. The molecule has 0 aliphatic rings. The van der Waals surface area contributed by atoms with Gasteiger partial charge in [-0.25, -0.2) is 4.39 Å². The quantitative estimate of drug-likeness (QED) is 0.572. The molecule has 0 aliphatic heterocycles. The zero-order chi connectivity index (χ0) is 8.27. The minimum Gasteiger partial charge on any atom is -0.206 e. The third kappa shape index (κ3) is 2.26. The van der Waals surface area contributed by atoms with E-state index in [1.54, 1.807) is 6.07 Å². The highest BCUT2D eigenvalue weighted by Crippen LogP contribution is 2.15. The summed E-state index contributed by atoms with van der Waals surface area (Å²) in [5.74, 6) is -0.0241. The van der Waals surface area contributed by atoms with E-state index in [0.29, 0.717) is 0 Å². The van der Waals surface area contributed by atoms with E-state index in [0.717, 1.165) is 31.8 Å². The van der Waals surface area contributed by atoms with Gasteiger partial charge in [0.15, 0.2) is 0 Å². The van der Waals surface area contributed by atoms with Gasteiger partial charge in [-0.3, -0.25) is 0 Å². The average Bonchev–Trinajstić information content (AvgIpc) is 1.99. The molecule has 0 spiro atoms. The molecule has 0 nitrogen and oxygen atoms in total. The van der Waals surface area contributed by atoms with Crippen molar-refractivity contribution in [1.82, 2.24) is 0 Å². The van der Waals surface area contributed by atoms with Crippen molar-refractivity contribution in [2.45, 2.75) is 12.5 Å². The van der Waals surface area contributed by atoms with E-state index in [1.807, 2.05) is 34.7 Å². The van der Waals surface area contributed by atoms with Gasteiger partial charge in [-0.1, -0.05) is 18.2 Å². The molecule has 11 heavy (non-hydrogen) atoms. The van der Waals surface area contributed by atoms with Gasteiger partial charge in [-0.05, 0) is 40.6 Å². The first kappa shape index (κ1) is 9.19. The molecule has 0 atom stereocenters. The topological polar surface area (TPSA) is 0 Å². The van der Waals surface area contributed by atoms with Crippen LogP contribution in [0.1, 0.15) is 5.56 Å². The Bertz CT molecular complexity index is 250. The van der Waals surface area contributed by atoms with Gasteiger partial charge in [0, 0.05) is 13.8 Å². The largest absolute Gasteiger partial charge is 0.206 e. The van der Waals surface area contributed by atoms with Crippen LogP contribution < -0.4 is 0 Å². The lowest BCUT2D eigenvalue weighted by molar-refractivity contribution is 0.605. The highest BCUT2D eigenvalue weighted by molar-refractivity contribution is 14.1. The van der Waals surface area contributed by atoms with E-state index >= 15 is 0 Å². The number of rotatable bonds is 2. The molecular formula is C8H10FISi. The molecule has 0 bridgehead atoms. The van der Waals surface area contributed by atoms with E-state index < -0.39 is 0 Å². The first-order chi connectivity index (χ1) is 5.25. The number of hydrogen-bond acceptors (Lipinski definition) is 0. The van der Waals surface area contributed by atoms with Crippen LogP contribution in [0.3, 0.4) is 0 Å². The van der Waals surface area contributed by atoms with Gasteiger partial charge >= 0.3 is 0 Å². The van der Waals surface area contributed by atoms with Crippen molar-refractivity contribution in [3.05, 3.63) is 33.1 Å². The predicted octanol–water partition coefficient (Wildman–Crippen LogP) is 1.76. The normalized spacial score (nSPS) is 10.4. The first-order valence-corrected chi connectivity index (χ1v) is 6.18. The zero-order valence-corrected chi connectivity index (χ0v) is 10.6. The first-order valence-electron chi connectivity index (χ1n) is 3.68. The summed E-state index contributed by atoms with van der Waals surface area (Å²) in [6, 6.07) is 6.72.